The second-order valence-corrected chi connectivity index (χ2v) is 6.45. The number of benzene rings is 3. The van der Waals surface area contributed by atoms with Crippen molar-refractivity contribution < 1.29 is 14.2 Å². The van der Waals surface area contributed by atoms with Crippen LogP contribution in [-0.2, 0) is 16.9 Å². The molecule has 0 aliphatic carbocycles. The largest absolute Gasteiger partial charge is 0.446 e. The van der Waals surface area contributed by atoms with E-state index in [1.54, 1.807) is 7.11 Å². The van der Waals surface area contributed by atoms with E-state index in [2.05, 4.69) is 24.3 Å². The molecule has 3 nitrogen and oxygen atoms in total. The molecule has 3 aromatic carbocycles. The second kappa shape index (κ2) is 5.36. The molecule has 0 N–H and O–H groups in total. The van der Waals surface area contributed by atoms with Crippen LogP contribution in [0.3, 0.4) is 0 Å². The van der Waals surface area contributed by atoms with Crippen molar-refractivity contribution in [1.82, 2.24) is 0 Å². The lowest BCUT2D eigenvalue weighted by molar-refractivity contribution is -0.213. The first-order valence-corrected chi connectivity index (χ1v) is 8.49. The maximum atomic E-state index is 6.50. The zero-order chi connectivity index (χ0) is 16.9. The predicted octanol–water partition coefficient (Wildman–Crippen LogP) is 4.55. The average Bonchev–Trinajstić information content (AvgIpc) is 2.68. The summed E-state index contributed by atoms with van der Waals surface area (Å²) in [5.74, 6) is 0.696. The highest BCUT2D eigenvalue weighted by Crippen LogP contribution is 2.50. The minimum Gasteiger partial charge on any atom is -0.446 e. The van der Waals surface area contributed by atoms with E-state index >= 15 is 0 Å². The third kappa shape index (κ3) is 2.02. The van der Waals surface area contributed by atoms with Gasteiger partial charge in [0.2, 0.25) is 0 Å². The Hall–Kier alpha value is -2.78. The van der Waals surface area contributed by atoms with E-state index < -0.39 is 5.79 Å². The fourth-order valence-electron chi connectivity index (χ4n) is 3.91. The Labute approximate surface area is 146 Å². The van der Waals surface area contributed by atoms with Gasteiger partial charge in [0, 0.05) is 24.7 Å². The summed E-state index contributed by atoms with van der Waals surface area (Å²) in [6.07, 6.45) is 0.500. The SMILES string of the molecule is COC1Cc2ccccc2OC12Oc1ccccc1-c1ccccc12. The molecule has 2 heterocycles. The summed E-state index contributed by atoms with van der Waals surface area (Å²) < 4.78 is 18.9. The Balaban J connectivity index is 1.76. The van der Waals surface area contributed by atoms with Crippen LogP contribution in [0.5, 0.6) is 11.5 Å². The minimum absolute atomic E-state index is 0.239. The predicted molar refractivity (Wildman–Crippen MR) is 95.8 cm³/mol. The molecule has 2 aliphatic rings. The summed E-state index contributed by atoms with van der Waals surface area (Å²) in [6, 6.07) is 24.4. The van der Waals surface area contributed by atoms with Crippen LogP contribution in [-0.4, -0.2) is 13.2 Å². The van der Waals surface area contributed by atoms with Crippen molar-refractivity contribution in [2.45, 2.75) is 18.3 Å². The molecule has 124 valence electrons. The molecule has 2 unspecified atom stereocenters. The molecule has 0 radical (unpaired) electrons. The lowest BCUT2D eigenvalue weighted by Gasteiger charge is -2.46. The highest BCUT2D eigenvalue weighted by molar-refractivity contribution is 5.76. The number of para-hydroxylation sites is 2. The average molecular weight is 330 g/mol. The third-order valence-corrected chi connectivity index (χ3v) is 5.09. The summed E-state index contributed by atoms with van der Waals surface area (Å²) in [5.41, 5.74) is 4.36. The summed E-state index contributed by atoms with van der Waals surface area (Å²) in [7, 11) is 1.72. The monoisotopic (exact) mass is 330 g/mol. The standard InChI is InChI=1S/C22H18O3/c1-23-21-14-15-8-2-6-12-19(15)24-22(21)18-11-5-3-9-16(18)17-10-4-7-13-20(17)25-22/h2-13,21H,14H2,1H3. The normalized spacial score (nSPS) is 23.0. The molecule has 0 bridgehead atoms. The first kappa shape index (κ1) is 14.6. The van der Waals surface area contributed by atoms with E-state index in [9.17, 15) is 0 Å². The Morgan fingerprint density at radius 1 is 0.800 bits per heavy atom. The van der Waals surface area contributed by atoms with E-state index in [4.69, 9.17) is 14.2 Å². The molecule has 1 spiro atoms. The zero-order valence-corrected chi connectivity index (χ0v) is 13.9. The van der Waals surface area contributed by atoms with Crippen molar-refractivity contribution in [1.29, 1.82) is 0 Å². The van der Waals surface area contributed by atoms with Crippen LogP contribution >= 0.6 is 0 Å². The van der Waals surface area contributed by atoms with Gasteiger partial charge in [-0.2, -0.15) is 0 Å². The molecular weight excluding hydrogens is 312 g/mol. The topological polar surface area (TPSA) is 27.7 Å². The van der Waals surface area contributed by atoms with Gasteiger partial charge in [0.1, 0.15) is 17.6 Å². The number of hydrogen-bond donors (Lipinski definition) is 0. The van der Waals surface area contributed by atoms with E-state index in [0.717, 1.165) is 40.2 Å². The third-order valence-electron chi connectivity index (χ3n) is 5.09. The molecule has 0 fully saturated rings. The summed E-state index contributed by atoms with van der Waals surface area (Å²) >= 11 is 0. The second-order valence-electron chi connectivity index (χ2n) is 6.45. The van der Waals surface area contributed by atoms with Gasteiger partial charge in [-0.15, -0.1) is 0 Å². The van der Waals surface area contributed by atoms with Crippen LogP contribution in [0.2, 0.25) is 0 Å². The lowest BCUT2D eigenvalue weighted by atomic mass is 9.84. The molecule has 2 aliphatic heterocycles. The number of ether oxygens (including phenoxy) is 3. The number of fused-ring (bicyclic) bond motifs is 5. The molecule has 0 saturated heterocycles. The fraction of sp³-hybridized carbons (Fsp3) is 0.182. The first-order valence-electron chi connectivity index (χ1n) is 8.49. The smallest absolute Gasteiger partial charge is 0.305 e. The van der Waals surface area contributed by atoms with Gasteiger partial charge in [0.25, 0.3) is 0 Å². The van der Waals surface area contributed by atoms with Crippen LogP contribution in [0.25, 0.3) is 11.1 Å². The molecule has 2 atom stereocenters. The summed E-state index contributed by atoms with van der Waals surface area (Å²) in [4.78, 5) is 0. The van der Waals surface area contributed by atoms with Crippen molar-refractivity contribution in [3.63, 3.8) is 0 Å². The van der Waals surface area contributed by atoms with Gasteiger partial charge >= 0.3 is 5.79 Å². The van der Waals surface area contributed by atoms with Gasteiger partial charge in [-0.3, -0.25) is 0 Å². The maximum Gasteiger partial charge on any atom is 0.305 e. The van der Waals surface area contributed by atoms with E-state index in [1.165, 1.54) is 0 Å². The summed E-state index contributed by atoms with van der Waals surface area (Å²) in [5, 5.41) is 0. The van der Waals surface area contributed by atoms with Crippen molar-refractivity contribution in [2.24, 2.45) is 0 Å². The highest BCUT2D eigenvalue weighted by atomic mass is 16.7. The highest BCUT2D eigenvalue weighted by Gasteiger charge is 2.53. The summed E-state index contributed by atoms with van der Waals surface area (Å²) in [6.45, 7) is 0. The van der Waals surface area contributed by atoms with Gasteiger partial charge in [-0.25, -0.2) is 0 Å². The Morgan fingerprint density at radius 2 is 1.44 bits per heavy atom. The van der Waals surface area contributed by atoms with Gasteiger partial charge in [-0.1, -0.05) is 60.7 Å². The minimum atomic E-state index is -0.978. The lowest BCUT2D eigenvalue weighted by Crippen LogP contribution is -2.55. The van der Waals surface area contributed by atoms with E-state index in [1.807, 2.05) is 48.5 Å². The van der Waals surface area contributed by atoms with E-state index in [0.29, 0.717) is 0 Å². The van der Waals surface area contributed by atoms with Crippen LogP contribution in [0.1, 0.15) is 11.1 Å². The van der Waals surface area contributed by atoms with Gasteiger partial charge < -0.3 is 14.2 Å². The number of methoxy groups -OCH3 is 1. The van der Waals surface area contributed by atoms with Crippen LogP contribution in [0, 0.1) is 0 Å². The fourth-order valence-corrected chi connectivity index (χ4v) is 3.91. The molecule has 0 aromatic heterocycles. The number of hydrogen-bond acceptors (Lipinski definition) is 3. The van der Waals surface area contributed by atoms with Crippen LogP contribution < -0.4 is 9.47 Å². The molecule has 3 aromatic rings. The molecular formula is C22H18O3. The van der Waals surface area contributed by atoms with Crippen molar-refractivity contribution in [3.05, 3.63) is 83.9 Å². The van der Waals surface area contributed by atoms with Gasteiger partial charge in [0.05, 0.1) is 0 Å². The zero-order valence-electron chi connectivity index (χ0n) is 13.9. The molecule has 0 amide bonds. The maximum absolute atomic E-state index is 6.50. The van der Waals surface area contributed by atoms with Crippen molar-refractivity contribution in [2.75, 3.05) is 7.11 Å². The Bertz CT molecular complexity index is 949. The van der Waals surface area contributed by atoms with Crippen LogP contribution in [0.15, 0.2) is 72.8 Å². The van der Waals surface area contributed by atoms with Crippen LogP contribution in [0.4, 0.5) is 0 Å². The van der Waals surface area contributed by atoms with Gasteiger partial charge in [0.15, 0.2) is 0 Å². The Kier molecular flexibility index (Phi) is 3.12. The Morgan fingerprint density at radius 3 is 2.28 bits per heavy atom. The first-order chi connectivity index (χ1) is 12.3. The molecule has 0 saturated carbocycles. The van der Waals surface area contributed by atoms with Crippen molar-refractivity contribution >= 4 is 0 Å². The molecule has 25 heavy (non-hydrogen) atoms. The van der Waals surface area contributed by atoms with Gasteiger partial charge in [-0.05, 0) is 23.3 Å². The molecule has 5 rings (SSSR count). The molecule has 3 heteroatoms. The van der Waals surface area contributed by atoms with Crippen molar-refractivity contribution in [3.8, 4) is 22.6 Å². The quantitative estimate of drug-likeness (QED) is 0.655. The van der Waals surface area contributed by atoms with E-state index in [-0.39, 0.29) is 6.10 Å². The number of rotatable bonds is 1.